The first-order valence-electron chi connectivity index (χ1n) is 8.58. The zero-order chi connectivity index (χ0) is 18.1. The Morgan fingerprint density at radius 2 is 2.12 bits per heavy atom. The van der Waals surface area contributed by atoms with Gasteiger partial charge in [-0.3, -0.25) is 4.98 Å². The van der Waals surface area contributed by atoms with Crippen LogP contribution in [0.4, 0.5) is 16.0 Å². The van der Waals surface area contributed by atoms with Crippen LogP contribution in [0, 0.1) is 6.57 Å². The number of pyridine rings is 1. The van der Waals surface area contributed by atoms with Crippen molar-refractivity contribution in [1.29, 1.82) is 0 Å². The minimum Gasteiger partial charge on any atom is -0.340 e. The van der Waals surface area contributed by atoms with E-state index in [1.807, 2.05) is 35.2 Å². The van der Waals surface area contributed by atoms with Crippen molar-refractivity contribution in [3.63, 3.8) is 0 Å². The standard InChI is InChI=1S/C19H19FN6/c1-22-13-6-7-14(23-10-13)11-26-18-5-3-2-4-17(18)24-19(26)25-9-8-15(20)16(21)12-25/h2-7,10,15-16H,8-9,11-12,21H2/t15-,16+/m0/s1. The molecule has 1 aromatic carbocycles. The summed E-state index contributed by atoms with van der Waals surface area (Å²) in [4.78, 5) is 14.6. The first kappa shape index (κ1) is 16.5. The number of piperidine rings is 1. The third-order valence-corrected chi connectivity index (χ3v) is 4.75. The van der Waals surface area contributed by atoms with Crippen LogP contribution in [0.25, 0.3) is 15.9 Å². The van der Waals surface area contributed by atoms with Crippen LogP contribution in [0.2, 0.25) is 0 Å². The molecule has 6 nitrogen and oxygen atoms in total. The summed E-state index contributed by atoms with van der Waals surface area (Å²) < 4.78 is 15.9. The van der Waals surface area contributed by atoms with Crippen LogP contribution in [0.15, 0.2) is 42.6 Å². The molecule has 132 valence electrons. The second-order valence-electron chi connectivity index (χ2n) is 6.52. The van der Waals surface area contributed by atoms with Gasteiger partial charge < -0.3 is 15.2 Å². The van der Waals surface area contributed by atoms with E-state index in [2.05, 4.69) is 14.4 Å². The molecular formula is C19H19FN6. The number of hydrogen-bond acceptors (Lipinski definition) is 4. The molecule has 1 aliphatic rings. The molecule has 0 aliphatic carbocycles. The number of benzene rings is 1. The van der Waals surface area contributed by atoms with E-state index in [4.69, 9.17) is 17.3 Å². The first-order valence-corrected chi connectivity index (χ1v) is 8.58. The fraction of sp³-hybridized carbons (Fsp3) is 0.316. The smallest absolute Gasteiger partial charge is 0.206 e. The van der Waals surface area contributed by atoms with Crippen molar-refractivity contribution in [2.45, 2.75) is 25.2 Å². The molecule has 2 N–H and O–H groups in total. The molecule has 0 radical (unpaired) electrons. The predicted molar refractivity (Wildman–Crippen MR) is 99.0 cm³/mol. The zero-order valence-electron chi connectivity index (χ0n) is 14.2. The summed E-state index contributed by atoms with van der Waals surface area (Å²) in [5, 5.41) is 0. The summed E-state index contributed by atoms with van der Waals surface area (Å²) >= 11 is 0. The Morgan fingerprint density at radius 1 is 1.27 bits per heavy atom. The lowest BCUT2D eigenvalue weighted by Gasteiger charge is -2.34. The average molecular weight is 350 g/mol. The maximum absolute atomic E-state index is 13.8. The number of aromatic nitrogens is 3. The van der Waals surface area contributed by atoms with Gasteiger partial charge in [-0.2, -0.15) is 0 Å². The summed E-state index contributed by atoms with van der Waals surface area (Å²) in [6, 6.07) is 11.0. The van der Waals surface area contributed by atoms with Crippen LogP contribution in [0.3, 0.4) is 0 Å². The fourth-order valence-electron chi connectivity index (χ4n) is 3.33. The Balaban J connectivity index is 1.73. The molecule has 0 spiro atoms. The Hall–Kier alpha value is -2.98. The van der Waals surface area contributed by atoms with E-state index >= 15 is 0 Å². The monoisotopic (exact) mass is 350 g/mol. The molecule has 0 bridgehead atoms. The number of nitrogens with zero attached hydrogens (tertiary/aromatic N) is 5. The molecule has 0 unspecified atom stereocenters. The Bertz CT molecular complexity index is 958. The number of anilines is 1. The van der Waals surface area contributed by atoms with Crippen molar-refractivity contribution >= 4 is 22.7 Å². The minimum atomic E-state index is -0.966. The third-order valence-electron chi connectivity index (χ3n) is 4.75. The molecule has 2 atom stereocenters. The summed E-state index contributed by atoms with van der Waals surface area (Å²) in [6.45, 7) is 8.59. The zero-order valence-corrected chi connectivity index (χ0v) is 14.2. The molecule has 4 rings (SSSR count). The number of alkyl halides is 1. The lowest BCUT2D eigenvalue weighted by Crippen LogP contribution is -2.50. The highest BCUT2D eigenvalue weighted by atomic mass is 19.1. The highest BCUT2D eigenvalue weighted by molar-refractivity contribution is 5.79. The van der Waals surface area contributed by atoms with Gasteiger partial charge in [-0.25, -0.2) is 14.2 Å². The van der Waals surface area contributed by atoms with E-state index in [-0.39, 0.29) is 0 Å². The number of halogens is 1. The van der Waals surface area contributed by atoms with Crippen LogP contribution in [-0.4, -0.2) is 39.8 Å². The molecule has 7 heteroatoms. The second kappa shape index (κ2) is 6.73. The molecule has 0 saturated carbocycles. The average Bonchev–Trinajstić information content (AvgIpc) is 3.03. The number of fused-ring (bicyclic) bond motifs is 1. The van der Waals surface area contributed by atoms with Gasteiger partial charge in [-0.1, -0.05) is 18.2 Å². The summed E-state index contributed by atoms with van der Waals surface area (Å²) in [5.41, 5.74) is 9.17. The van der Waals surface area contributed by atoms with Gasteiger partial charge in [0.05, 0.1) is 35.9 Å². The summed E-state index contributed by atoms with van der Waals surface area (Å²) in [6.07, 6.45) is 1.01. The van der Waals surface area contributed by atoms with E-state index in [1.54, 1.807) is 12.3 Å². The minimum absolute atomic E-state index is 0.405. The Labute approximate surface area is 150 Å². The van der Waals surface area contributed by atoms with Gasteiger partial charge in [-0.15, -0.1) is 0 Å². The highest BCUT2D eigenvalue weighted by Gasteiger charge is 2.29. The van der Waals surface area contributed by atoms with Gasteiger partial charge in [-0.05, 0) is 24.6 Å². The van der Waals surface area contributed by atoms with Crippen LogP contribution < -0.4 is 10.6 Å². The number of hydrogen-bond donors (Lipinski definition) is 1. The van der Waals surface area contributed by atoms with Crippen molar-refractivity contribution in [3.05, 3.63) is 59.7 Å². The number of nitrogens with two attached hydrogens (primary N) is 1. The molecule has 26 heavy (non-hydrogen) atoms. The van der Waals surface area contributed by atoms with Crippen molar-refractivity contribution in [2.75, 3.05) is 18.0 Å². The summed E-state index contributed by atoms with van der Waals surface area (Å²) in [5.74, 6) is 0.782. The van der Waals surface area contributed by atoms with E-state index in [0.29, 0.717) is 31.7 Å². The Morgan fingerprint density at radius 3 is 2.85 bits per heavy atom. The van der Waals surface area contributed by atoms with E-state index in [1.165, 1.54) is 0 Å². The lowest BCUT2D eigenvalue weighted by atomic mass is 10.1. The van der Waals surface area contributed by atoms with Gasteiger partial charge >= 0.3 is 0 Å². The molecule has 1 fully saturated rings. The van der Waals surface area contributed by atoms with Gasteiger partial charge in [0.2, 0.25) is 11.6 Å². The van der Waals surface area contributed by atoms with Crippen molar-refractivity contribution in [1.82, 2.24) is 14.5 Å². The van der Waals surface area contributed by atoms with Crippen molar-refractivity contribution in [3.8, 4) is 0 Å². The molecule has 1 saturated heterocycles. The fourth-order valence-corrected chi connectivity index (χ4v) is 3.33. The van der Waals surface area contributed by atoms with Gasteiger partial charge in [0.1, 0.15) is 6.17 Å². The van der Waals surface area contributed by atoms with Gasteiger partial charge in [0.15, 0.2) is 0 Å². The molecule has 2 aromatic heterocycles. The molecule has 0 amide bonds. The number of imidazole rings is 1. The highest BCUT2D eigenvalue weighted by Crippen LogP contribution is 2.26. The molecule has 3 aromatic rings. The van der Waals surface area contributed by atoms with Crippen LogP contribution in [0.5, 0.6) is 0 Å². The molecular weight excluding hydrogens is 331 g/mol. The van der Waals surface area contributed by atoms with Crippen LogP contribution in [-0.2, 0) is 6.54 Å². The molecule has 3 heterocycles. The van der Waals surface area contributed by atoms with Gasteiger partial charge in [0, 0.05) is 19.3 Å². The second-order valence-corrected chi connectivity index (χ2v) is 6.52. The normalized spacial score (nSPS) is 20.3. The van der Waals surface area contributed by atoms with E-state index in [0.717, 1.165) is 22.7 Å². The first-order chi connectivity index (χ1) is 12.7. The number of rotatable bonds is 3. The Kier molecular flexibility index (Phi) is 4.27. The van der Waals surface area contributed by atoms with Crippen molar-refractivity contribution < 1.29 is 4.39 Å². The van der Waals surface area contributed by atoms with Crippen LogP contribution >= 0.6 is 0 Å². The van der Waals surface area contributed by atoms with Gasteiger partial charge in [0.25, 0.3) is 0 Å². The topological polar surface area (TPSA) is 64.3 Å². The largest absolute Gasteiger partial charge is 0.340 e. The van der Waals surface area contributed by atoms with E-state index < -0.39 is 12.2 Å². The van der Waals surface area contributed by atoms with Crippen molar-refractivity contribution in [2.24, 2.45) is 5.73 Å². The SMILES string of the molecule is [C-]#[N+]c1ccc(Cn2c(N3CC[C@H](F)[C@H](N)C3)nc3ccccc32)nc1. The maximum Gasteiger partial charge on any atom is 0.206 e. The number of para-hydroxylation sites is 2. The maximum atomic E-state index is 13.8. The van der Waals surface area contributed by atoms with Crippen LogP contribution in [0.1, 0.15) is 12.1 Å². The summed E-state index contributed by atoms with van der Waals surface area (Å²) in [7, 11) is 0. The predicted octanol–water partition coefficient (Wildman–Crippen LogP) is 2.91. The quantitative estimate of drug-likeness (QED) is 0.738. The van der Waals surface area contributed by atoms with E-state index in [9.17, 15) is 4.39 Å². The lowest BCUT2D eigenvalue weighted by molar-refractivity contribution is 0.243. The third kappa shape index (κ3) is 3.00. The molecule has 1 aliphatic heterocycles.